The second kappa shape index (κ2) is 6.36. The zero-order valence-corrected chi connectivity index (χ0v) is 13.3. The van der Waals surface area contributed by atoms with Gasteiger partial charge in [0.25, 0.3) is 0 Å². The SMILES string of the molecule is CC(CBr)C(C)NS(=O)(=O)CCC(C)(C)C. The molecule has 0 saturated heterocycles. The van der Waals surface area contributed by atoms with E-state index in [-0.39, 0.29) is 17.2 Å². The molecule has 0 amide bonds. The Balaban J connectivity index is 4.26. The molecule has 0 spiro atoms. The van der Waals surface area contributed by atoms with Gasteiger partial charge in [-0.2, -0.15) is 0 Å². The average molecular weight is 314 g/mol. The Morgan fingerprint density at radius 1 is 1.25 bits per heavy atom. The van der Waals surface area contributed by atoms with Crippen molar-refractivity contribution >= 4 is 26.0 Å². The first kappa shape index (κ1) is 16.4. The van der Waals surface area contributed by atoms with Gasteiger partial charge in [-0.25, -0.2) is 13.1 Å². The molecule has 0 aromatic carbocycles. The maximum Gasteiger partial charge on any atom is 0.211 e. The van der Waals surface area contributed by atoms with Gasteiger partial charge in [-0.15, -0.1) is 0 Å². The largest absolute Gasteiger partial charge is 0.212 e. The highest BCUT2D eigenvalue weighted by Gasteiger charge is 2.21. The molecule has 0 aromatic rings. The molecule has 0 bridgehead atoms. The van der Waals surface area contributed by atoms with Crippen molar-refractivity contribution in [2.24, 2.45) is 11.3 Å². The van der Waals surface area contributed by atoms with Gasteiger partial charge in [-0.3, -0.25) is 0 Å². The van der Waals surface area contributed by atoms with E-state index < -0.39 is 10.0 Å². The van der Waals surface area contributed by atoms with Crippen molar-refractivity contribution < 1.29 is 8.42 Å². The third-order valence-corrected chi connectivity index (χ3v) is 5.08. The first-order valence-corrected chi connectivity index (χ1v) is 8.41. The molecule has 0 fully saturated rings. The van der Waals surface area contributed by atoms with E-state index >= 15 is 0 Å². The molecule has 0 radical (unpaired) electrons. The molecule has 5 heteroatoms. The van der Waals surface area contributed by atoms with E-state index in [2.05, 4.69) is 20.7 Å². The first-order valence-electron chi connectivity index (χ1n) is 5.63. The van der Waals surface area contributed by atoms with Crippen LogP contribution < -0.4 is 4.72 Å². The van der Waals surface area contributed by atoms with Crippen LogP contribution in [0.4, 0.5) is 0 Å². The van der Waals surface area contributed by atoms with Crippen LogP contribution in [0.1, 0.15) is 41.0 Å². The molecule has 0 aromatic heterocycles. The van der Waals surface area contributed by atoms with E-state index in [0.29, 0.717) is 12.3 Å². The molecular formula is C11H24BrNO2S. The van der Waals surface area contributed by atoms with Gasteiger partial charge >= 0.3 is 0 Å². The molecule has 2 atom stereocenters. The molecule has 2 unspecified atom stereocenters. The zero-order valence-electron chi connectivity index (χ0n) is 10.9. The highest BCUT2D eigenvalue weighted by atomic mass is 79.9. The quantitative estimate of drug-likeness (QED) is 0.766. The van der Waals surface area contributed by atoms with Crippen molar-refractivity contribution in [1.29, 1.82) is 0 Å². The molecule has 0 aliphatic carbocycles. The highest BCUT2D eigenvalue weighted by molar-refractivity contribution is 9.09. The van der Waals surface area contributed by atoms with Crippen LogP contribution in [-0.2, 0) is 10.0 Å². The molecule has 98 valence electrons. The number of hydrogen-bond donors (Lipinski definition) is 1. The van der Waals surface area contributed by atoms with Gasteiger partial charge in [-0.05, 0) is 24.7 Å². The third-order valence-electron chi connectivity index (χ3n) is 2.58. The van der Waals surface area contributed by atoms with Crippen LogP contribution in [0.3, 0.4) is 0 Å². The fourth-order valence-electron chi connectivity index (χ4n) is 1.03. The van der Waals surface area contributed by atoms with E-state index in [0.717, 1.165) is 5.33 Å². The molecule has 0 heterocycles. The molecule has 0 rings (SSSR count). The summed E-state index contributed by atoms with van der Waals surface area (Å²) in [5, 5.41) is 0.802. The van der Waals surface area contributed by atoms with Gasteiger partial charge in [-0.1, -0.05) is 43.6 Å². The van der Waals surface area contributed by atoms with Crippen LogP contribution in [0.5, 0.6) is 0 Å². The van der Waals surface area contributed by atoms with E-state index in [1.54, 1.807) is 0 Å². The van der Waals surface area contributed by atoms with E-state index in [4.69, 9.17) is 0 Å². The van der Waals surface area contributed by atoms with Crippen molar-refractivity contribution in [1.82, 2.24) is 4.72 Å². The number of nitrogens with one attached hydrogen (secondary N) is 1. The Labute approximate surface area is 109 Å². The van der Waals surface area contributed by atoms with Gasteiger partial charge in [0, 0.05) is 11.4 Å². The highest BCUT2D eigenvalue weighted by Crippen LogP contribution is 2.19. The summed E-state index contributed by atoms with van der Waals surface area (Å²) in [6.07, 6.45) is 0.678. The van der Waals surface area contributed by atoms with Crippen LogP contribution in [0.25, 0.3) is 0 Å². The van der Waals surface area contributed by atoms with Gasteiger partial charge in [0.1, 0.15) is 0 Å². The summed E-state index contributed by atoms with van der Waals surface area (Å²) in [5.41, 5.74) is 0.0546. The molecule has 0 aliphatic rings. The lowest BCUT2D eigenvalue weighted by molar-refractivity contribution is 0.394. The topological polar surface area (TPSA) is 46.2 Å². The Hall–Kier alpha value is 0.390. The van der Waals surface area contributed by atoms with Crippen LogP contribution >= 0.6 is 15.9 Å². The number of alkyl halides is 1. The minimum Gasteiger partial charge on any atom is -0.212 e. The van der Waals surface area contributed by atoms with E-state index in [1.165, 1.54) is 0 Å². The number of sulfonamides is 1. The van der Waals surface area contributed by atoms with Crippen molar-refractivity contribution in [2.75, 3.05) is 11.1 Å². The fourth-order valence-corrected chi connectivity index (χ4v) is 3.39. The van der Waals surface area contributed by atoms with Gasteiger partial charge in [0.05, 0.1) is 5.75 Å². The Bertz CT molecular complexity index is 296. The number of rotatable bonds is 6. The normalized spacial score (nSPS) is 17.1. The Morgan fingerprint density at radius 3 is 2.12 bits per heavy atom. The molecule has 3 nitrogen and oxygen atoms in total. The number of halogens is 1. The molecule has 0 saturated carbocycles. The van der Waals surface area contributed by atoms with Gasteiger partial charge < -0.3 is 0 Å². The predicted octanol–water partition coefficient (Wildman–Crippen LogP) is 2.76. The fraction of sp³-hybridized carbons (Fsp3) is 1.00. The summed E-state index contributed by atoms with van der Waals surface area (Å²) >= 11 is 3.36. The van der Waals surface area contributed by atoms with Crippen LogP contribution in [0.2, 0.25) is 0 Å². The molecule has 1 N–H and O–H groups in total. The minimum absolute atomic E-state index is 0.0238. The summed E-state index contributed by atoms with van der Waals surface area (Å²) in [6, 6.07) is -0.0238. The Morgan fingerprint density at radius 2 is 1.75 bits per heavy atom. The van der Waals surface area contributed by atoms with E-state index in [1.807, 2.05) is 34.6 Å². The van der Waals surface area contributed by atoms with Crippen LogP contribution in [0.15, 0.2) is 0 Å². The van der Waals surface area contributed by atoms with E-state index in [9.17, 15) is 8.42 Å². The summed E-state index contributed by atoms with van der Waals surface area (Å²) in [6.45, 7) is 10.1. The predicted molar refractivity (Wildman–Crippen MR) is 73.4 cm³/mol. The third kappa shape index (κ3) is 7.63. The second-order valence-corrected chi connectivity index (χ2v) is 8.19. The van der Waals surface area contributed by atoms with Crippen molar-refractivity contribution in [3.05, 3.63) is 0 Å². The lowest BCUT2D eigenvalue weighted by Crippen LogP contribution is -2.39. The molecular weight excluding hydrogens is 290 g/mol. The second-order valence-electron chi connectivity index (χ2n) is 5.67. The molecule has 0 aliphatic heterocycles. The zero-order chi connectivity index (χ0) is 13.0. The van der Waals surface area contributed by atoms with Crippen molar-refractivity contribution in [3.63, 3.8) is 0 Å². The van der Waals surface area contributed by atoms with Gasteiger partial charge in [0.15, 0.2) is 0 Å². The lowest BCUT2D eigenvalue weighted by Gasteiger charge is -2.22. The monoisotopic (exact) mass is 313 g/mol. The van der Waals surface area contributed by atoms with Crippen LogP contribution in [-0.4, -0.2) is 25.5 Å². The summed E-state index contributed by atoms with van der Waals surface area (Å²) in [7, 11) is -3.14. The smallest absolute Gasteiger partial charge is 0.211 e. The average Bonchev–Trinajstić information content (AvgIpc) is 2.12. The number of hydrogen-bond acceptors (Lipinski definition) is 2. The summed E-state index contributed by atoms with van der Waals surface area (Å²) in [5.74, 6) is 0.500. The Kier molecular flexibility index (Phi) is 6.51. The first-order chi connectivity index (χ1) is 7.07. The van der Waals surface area contributed by atoms with Crippen molar-refractivity contribution in [3.8, 4) is 0 Å². The lowest BCUT2D eigenvalue weighted by atomic mass is 9.94. The van der Waals surface area contributed by atoms with Crippen molar-refractivity contribution in [2.45, 2.75) is 47.1 Å². The summed E-state index contributed by atoms with van der Waals surface area (Å²) in [4.78, 5) is 0. The maximum absolute atomic E-state index is 11.8. The summed E-state index contributed by atoms with van der Waals surface area (Å²) < 4.78 is 26.3. The minimum atomic E-state index is -3.14. The molecule has 16 heavy (non-hydrogen) atoms. The standard InChI is InChI=1S/C11H24BrNO2S/c1-9(8-12)10(2)13-16(14,15)7-6-11(3,4)5/h9-10,13H,6-8H2,1-5H3. The van der Waals surface area contributed by atoms with Crippen LogP contribution in [0, 0.1) is 11.3 Å². The van der Waals surface area contributed by atoms with Gasteiger partial charge in [0.2, 0.25) is 10.0 Å². The maximum atomic E-state index is 11.8.